The molecule has 0 radical (unpaired) electrons. The van der Waals surface area contributed by atoms with E-state index in [1.165, 1.54) is 0 Å². The summed E-state index contributed by atoms with van der Waals surface area (Å²) in [6.07, 6.45) is 3.63. The zero-order valence-electron chi connectivity index (χ0n) is 10.3. The molecule has 1 aliphatic carbocycles. The van der Waals surface area contributed by atoms with Gasteiger partial charge in [0, 0.05) is 13.2 Å². The predicted octanol–water partition coefficient (Wildman–Crippen LogP) is 1.03. The Morgan fingerprint density at radius 3 is 2.71 bits per heavy atom. The summed E-state index contributed by atoms with van der Waals surface area (Å²) < 4.78 is 4.98. The highest BCUT2D eigenvalue weighted by Gasteiger charge is 2.30. The van der Waals surface area contributed by atoms with Crippen LogP contribution < -0.4 is 5.32 Å². The first kappa shape index (κ1) is 14.0. The van der Waals surface area contributed by atoms with E-state index in [0.29, 0.717) is 13.2 Å². The Bertz CT molecular complexity index is 267. The number of carboxylic acids is 1. The van der Waals surface area contributed by atoms with E-state index in [0.717, 1.165) is 25.7 Å². The van der Waals surface area contributed by atoms with Crippen molar-refractivity contribution in [2.45, 2.75) is 32.6 Å². The molecule has 98 valence electrons. The average Bonchev–Trinajstić information content (AvgIpc) is 2.34. The molecule has 1 aliphatic rings. The lowest BCUT2D eigenvalue weighted by molar-refractivity contribution is -0.145. The van der Waals surface area contributed by atoms with Crippen LogP contribution >= 0.6 is 0 Å². The fourth-order valence-electron chi connectivity index (χ4n) is 2.27. The van der Waals surface area contributed by atoms with Crippen LogP contribution in [0.4, 0.5) is 0 Å². The van der Waals surface area contributed by atoms with Crippen LogP contribution in [0.5, 0.6) is 0 Å². The molecule has 0 aliphatic heterocycles. The van der Waals surface area contributed by atoms with Crippen molar-refractivity contribution in [3.05, 3.63) is 0 Å². The smallest absolute Gasteiger partial charge is 0.306 e. The minimum Gasteiger partial charge on any atom is -0.481 e. The van der Waals surface area contributed by atoms with Gasteiger partial charge in [-0.05, 0) is 25.7 Å². The highest BCUT2D eigenvalue weighted by molar-refractivity contribution is 5.77. The molecular formula is C12H21NO4. The number of ether oxygens (including phenoxy) is 1. The third kappa shape index (κ3) is 4.73. The van der Waals surface area contributed by atoms with Crippen LogP contribution in [0.15, 0.2) is 0 Å². The van der Waals surface area contributed by atoms with Gasteiger partial charge < -0.3 is 15.2 Å². The Hall–Kier alpha value is -1.10. The molecule has 5 heteroatoms. The van der Waals surface area contributed by atoms with Gasteiger partial charge in [0.05, 0.1) is 5.92 Å². The fourth-order valence-corrected chi connectivity index (χ4v) is 2.27. The number of amides is 1. The van der Waals surface area contributed by atoms with E-state index in [4.69, 9.17) is 9.84 Å². The second-order valence-corrected chi connectivity index (χ2v) is 4.43. The van der Waals surface area contributed by atoms with Crippen molar-refractivity contribution in [3.8, 4) is 0 Å². The van der Waals surface area contributed by atoms with E-state index >= 15 is 0 Å². The van der Waals surface area contributed by atoms with Crippen molar-refractivity contribution in [1.29, 1.82) is 0 Å². The van der Waals surface area contributed by atoms with Crippen LogP contribution in [-0.4, -0.2) is 36.7 Å². The second-order valence-electron chi connectivity index (χ2n) is 4.43. The summed E-state index contributed by atoms with van der Waals surface area (Å²) in [4.78, 5) is 22.4. The quantitative estimate of drug-likeness (QED) is 0.730. The summed E-state index contributed by atoms with van der Waals surface area (Å²) in [5, 5.41) is 11.8. The van der Waals surface area contributed by atoms with Crippen LogP contribution in [0.25, 0.3) is 0 Å². The third-order valence-corrected chi connectivity index (χ3v) is 3.22. The van der Waals surface area contributed by atoms with Gasteiger partial charge in [-0.3, -0.25) is 9.59 Å². The largest absolute Gasteiger partial charge is 0.481 e. The summed E-state index contributed by atoms with van der Waals surface area (Å²) >= 11 is 0. The molecule has 0 aromatic rings. The lowest BCUT2D eigenvalue weighted by Gasteiger charge is -2.28. The molecule has 0 aromatic heterocycles. The van der Waals surface area contributed by atoms with Gasteiger partial charge in [0.1, 0.15) is 6.61 Å². The topological polar surface area (TPSA) is 75.6 Å². The maximum absolute atomic E-state index is 11.3. The summed E-state index contributed by atoms with van der Waals surface area (Å²) in [5.41, 5.74) is 0. The zero-order chi connectivity index (χ0) is 12.7. The molecule has 1 rings (SSSR count). The van der Waals surface area contributed by atoms with Gasteiger partial charge >= 0.3 is 5.97 Å². The molecule has 1 saturated carbocycles. The molecule has 2 N–H and O–H groups in total. The molecule has 2 unspecified atom stereocenters. The number of hydrogen-bond acceptors (Lipinski definition) is 3. The maximum Gasteiger partial charge on any atom is 0.306 e. The zero-order valence-corrected chi connectivity index (χ0v) is 10.3. The van der Waals surface area contributed by atoms with E-state index in [9.17, 15) is 9.59 Å². The number of carboxylic acid groups (broad SMARTS) is 1. The van der Waals surface area contributed by atoms with Gasteiger partial charge in [-0.1, -0.05) is 12.8 Å². The van der Waals surface area contributed by atoms with Gasteiger partial charge in [0.2, 0.25) is 5.91 Å². The van der Waals surface area contributed by atoms with E-state index < -0.39 is 5.97 Å². The Balaban J connectivity index is 2.32. The van der Waals surface area contributed by atoms with E-state index in [-0.39, 0.29) is 24.3 Å². The first-order valence-electron chi connectivity index (χ1n) is 6.22. The molecule has 17 heavy (non-hydrogen) atoms. The van der Waals surface area contributed by atoms with Crippen molar-refractivity contribution in [2.24, 2.45) is 11.8 Å². The molecule has 0 aromatic carbocycles. The van der Waals surface area contributed by atoms with Gasteiger partial charge in [0.25, 0.3) is 0 Å². The Morgan fingerprint density at radius 2 is 2.06 bits per heavy atom. The average molecular weight is 243 g/mol. The normalized spacial score (nSPS) is 24.3. The molecule has 0 saturated heterocycles. The van der Waals surface area contributed by atoms with Crippen molar-refractivity contribution >= 4 is 11.9 Å². The minimum atomic E-state index is -0.742. The molecule has 5 nitrogen and oxygen atoms in total. The highest BCUT2D eigenvalue weighted by atomic mass is 16.5. The van der Waals surface area contributed by atoms with Crippen molar-refractivity contribution < 1.29 is 19.4 Å². The van der Waals surface area contributed by atoms with Crippen LogP contribution in [0.3, 0.4) is 0 Å². The molecule has 0 spiro atoms. The van der Waals surface area contributed by atoms with Gasteiger partial charge in [-0.2, -0.15) is 0 Å². The maximum atomic E-state index is 11.3. The lowest BCUT2D eigenvalue weighted by Crippen LogP contribution is -2.38. The monoisotopic (exact) mass is 243 g/mol. The molecule has 1 amide bonds. The Kier molecular flexibility index (Phi) is 5.97. The first-order valence-corrected chi connectivity index (χ1v) is 6.22. The highest BCUT2D eigenvalue weighted by Crippen LogP contribution is 2.29. The third-order valence-electron chi connectivity index (χ3n) is 3.22. The van der Waals surface area contributed by atoms with E-state index in [2.05, 4.69) is 5.32 Å². The Morgan fingerprint density at radius 1 is 1.35 bits per heavy atom. The molecule has 1 fully saturated rings. The fraction of sp³-hybridized carbons (Fsp3) is 0.833. The van der Waals surface area contributed by atoms with Crippen LogP contribution in [0.1, 0.15) is 32.6 Å². The van der Waals surface area contributed by atoms with E-state index in [1.807, 2.05) is 6.92 Å². The van der Waals surface area contributed by atoms with Crippen molar-refractivity contribution in [2.75, 3.05) is 19.8 Å². The van der Waals surface area contributed by atoms with Gasteiger partial charge in [-0.15, -0.1) is 0 Å². The SMILES string of the molecule is CCOCC(=O)NCC1CCCCC1C(=O)O. The number of carbonyl (C=O) groups is 2. The number of nitrogens with one attached hydrogen (secondary N) is 1. The standard InChI is InChI=1S/C12H21NO4/c1-2-17-8-11(14)13-7-9-5-3-4-6-10(9)12(15)16/h9-10H,2-8H2,1H3,(H,13,14)(H,15,16). The Labute approximate surface area is 102 Å². The summed E-state index contributed by atoms with van der Waals surface area (Å²) in [6.45, 7) is 2.84. The predicted molar refractivity (Wildman–Crippen MR) is 62.6 cm³/mol. The summed E-state index contributed by atoms with van der Waals surface area (Å²) in [5.74, 6) is -1.15. The number of hydrogen-bond donors (Lipinski definition) is 2. The number of aliphatic carboxylic acids is 1. The summed E-state index contributed by atoms with van der Waals surface area (Å²) in [6, 6.07) is 0. The van der Waals surface area contributed by atoms with Gasteiger partial charge in [0.15, 0.2) is 0 Å². The molecule has 0 heterocycles. The second kappa shape index (κ2) is 7.27. The van der Waals surface area contributed by atoms with Gasteiger partial charge in [-0.25, -0.2) is 0 Å². The lowest BCUT2D eigenvalue weighted by atomic mass is 9.79. The minimum absolute atomic E-state index is 0.0565. The van der Waals surface area contributed by atoms with Crippen LogP contribution in [-0.2, 0) is 14.3 Å². The van der Waals surface area contributed by atoms with Crippen molar-refractivity contribution in [1.82, 2.24) is 5.32 Å². The number of carbonyl (C=O) groups excluding carboxylic acids is 1. The van der Waals surface area contributed by atoms with Crippen LogP contribution in [0, 0.1) is 11.8 Å². The number of rotatable bonds is 6. The van der Waals surface area contributed by atoms with Crippen molar-refractivity contribution in [3.63, 3.8) is 0 Å². The summed E-state index contributed by atoms with van der Waals surface area (Å²) in [7, 11) is 0. The molecular weight excluding hydrogens is 222 g/mol. The molecule has 0 bridgehead atoms. The van der Waals surface area contributed by atoms with Crippen LogP contribution in [0.2, 0.25) is 0 Å². The van der Waals surface area contributed by atoms with E-state index in [1.54, 1.807) is 0 Å². The first-order chi connectivity index (χ1) is 8.15. The molecule has 2 atom stereocenters.